The zero-order chi connectivity index (χ0) is 10.1. The number of Topliss-reactive ketones (excluding diaryl/α,β-unsaturated/α-hetero) is 1. The third-order valence-corrected chi connectivity index (χ3v) is 2.23. The van der Waals surface area contributed by atoms with Gasteiger partial charge < -0.3 is 4.42 Å². The molecule has 0 aliphatic heterocycles. The van der Waals surface area contributed by atoms with Gasteiger partial charge in [-0.2, -0.15) is 0 Å². The topological polar surface area (TPSA) is 30.2 Å². The summed E-state index contributed by atoms with van der Waals surface area (Å²) in [6, 6.07) is 3.61. The van der Waals surface area contributed by atoms with Crippen LogP contribution in [0.1, 0.15) is 26.5 Å². The summed E-state index contributed by atoms with van der Waals surface area (Å²) >= 11 is 3.19. The van der Waals surface area contributed by atoms with Crippen molar-refractivity contribution in [3.8, 4) is 0 Å². The normalized spacial score (nSPS) is 11.7. The van der Waals surface area contributed by atoms with Gasteiger partial charge in [-0.1, -0.05) is 20.8 Å². The van der Waals surface area contributed by atoms with Gasteiger partial charge >= 0.3 is 0 Å². The summed E-state index contributed by atoms with van der Waals surface area (Å²) < 4.78 is 5.92. The summed E-state index contributed by atoms with van der Waals surface area (Å²) in [4.78, 5) is 11.6. The van der Waals surface area contributed by atoms with Crippen LogP contribution in [-0.2, 0) is 11.2 Å². The maximum Gasteiger partial charge on any atom is 0.169 e. The van der Waals surface area contributed by atoms with E-state index in [-0.39, 0.29) is 11.2 Å². The lowest BCUT2D eigenvalue weighted by Crippen LogP contribution is -2.21. The molecule has 0 saturated carbocycles. The minimum absolute atomic E-state index is 0.189. The lowest BCUT2D eigenvalue weighted by atomic mass is 9.88. The van der Waals surface area contributed by atoms with Crippen molar-refractivity contribution in [2.45, 2.75) is 27.2 Å². The summed E-state index contributed by atoms with van der Waals surface area (Å²) in [5.74, 6) is 0.904. The van der Waals surface area contributed by atoms with Crippen LogP contribution >= 0.6 is 15.9 Å². The van der Waals surface area contributed by atoms with Gasteiger partial charge in [-0.3, -0.25) is 4.79 Å². The number of furan rings is 1. The van der Waals surface area contributed by atoms with Gasteiger partial charge in [0.2, 0.25) is 0 Å². The van der Waals surface area contributed by atoms with Crippen molar-refractivity contribution in [3.63, 3.8) is 0 Å². The van der Waals surface area contributed by atoms with Gasteiger partial charge in [0.15, 0.2) is 4.67 Å². The van der Waals surface area contributed by atoms with Gasteiger partial charge in [-0.05, 0) is 28.1 Å². The Morgan fingerprint density at radius 3 is 2.46 bits per heavy atom. The lowest BCUT2D eigenvalue weighted by molar-refractivity contribution is -0.125. The van der Waals surface area contributed by atoms with Gasteiger partial charge in [0.25, 0.3) is 0 Å². The molecule has 2 nitrogen and oxygen atoms in total. The number of hydrogen-bond donors (Lipinski definition) is 0. The molecule has 1 aromatic rings. The first-order valence-electron chi connectivity index (χ1n) is 4.17. The average Bonchev–Trinajstić information content (AvgIpc) is 2.33. The SMILES string of the molecule is CC(C)(C)C(=O)Cc1ccc(Br)o1. The standard InChI is InChI=1S/C10H13BrO2/c1-10(2,3)8(12)6-7-4-5-9(11)13-7/h4-5H,6H2,1-3H3. The molecule has 72 valence electrons. The highest BCUT2D eigenvalue weighted by Crippen LogP contribution is 2.20. The molecular weight excluding hydrogens is 232 g/mol. The summed E-state index contributed by atoms with van der Waals surface area (Å²) in [5, 5.41) is 0. The molecule has 0 aliphatic carbocycles. The Hall–Kier alpha value is -0.570. The van der Waals surface area contributed by atoms with E-state index in [0.717, 1.165) is 0 Å². The van der Waals surface area contributed by atoms with Crippen LogP contribution in [0.3, 0.4) is 0 Å². The maximum atomic E-state index is 11.6. The van der Waals surface area contributed by atoms with Crippen LogP contribution in [0, 0.1) is 5.41 Å². The second-order valence-electron chi connectivity index (χ2n) is 4.06. The van der Waals surface area contributed by atoms with E-state index in [1.54, 1.807) is 6.07 Å². The van der Waals surface area contributed by atoms with Crippen LogP contribution in [0.15, 0.2) is 21.2 Å². The van der Waals surface area contributed by atoms with Crippen LogP contribution in [0.4, 0.5) is 0 Å². The fraction of sp³-hybridized carbons (Fsp3) is 0.500. The molecule has 0 amide bonds. The Labute approximate surface area is 86.4 Å². The number of hydrogen-bond acceptors (Lipinski definition) is 2. The maximum absolute atomic E-state index is 11.6. The summed E-state index contributed by atoms with van der Waals surface area (Å²) in [6.45, 7) is 5.73. The van der Waals surface area contributed by atoms with Crippen molar-refractivity contribution in [2.75, 3.05) is 0 Å². The van der Waals surface area contributed by atoms with E-state index in [1.807, 2.05) is 26.8 Å². The second-order valence-corrected chi connectivity index (χ2v) is 4.84. The third kappa shape index (κ3) is 2.99. The van der Waals surface area contributed by atoms with Crippen molar-refractivity contribution in [1.82, 2.24) is 0 Å². The molecule has 0 radical (unpaired) electrons. The molecule has 3 heteroatoms. The van der Waals surface area contributed by atoms with Gasteiger partial charge in [0.05, 0.1) is 6.42 Å². The molecule has 0 saturated heterocycles. The Morgan fingerprint density at radius 2 is 2.08 bits per heavy atom. The highest BCUT2D eigenvalue weighted by atomic mass is 79.9. The van der Waals surface area contributed by atoms with Gasteiger partial charge in [-0.25, -0.2) is 0 Å². The first kappa shape index (κ1) is 10.5. The van der Waals surface area contributed by atoms with Gasteiger partial charge in [-0.15, -0.1) is 0 Å². The Kier molecular flexibility index (Phi) is 2.96. The number of carbonyl (C=O) groups excluding carboxylic acids is 1. The van der Waals surface area contributed by atoms with E-state index in [0.29, 0.717) is 16.9 Å². The molecule has 0 spiro atoms. The summed E-state index contributed by atoms with van der Waals surface area (Å²) in [6.07, 6.45) is 0.370. The molecular formula is C10H13BrO2. The van der Waals surface area contributed by atoms with Crippen LogP contribution in [0.5, 0.6) is 0 Å². The first-order valence-corrected chi connectivity index (χ1v) is 4.96. The van der Waals surface area contributed by atoms with Crippen molar-refractivity contribution in [3.05, 3.63) is 22.6 Å². The third-order valence-electron chi connectivity index (χ3n) is 1.80. The van der Waals surface area contributed by atoms with E-state index in [9.17, 15) is 4.79 Å². The summed E-state index contributed by atoms with van der Waals surface area (Å²) in [7, 11) is 0. The summed E-state index contributed by atoms with van der Waals surface area (Å²) in [5.41, 5.74) is -0.292. The molecule has 0 bridgehead atoms. The van der Waals surface area contributed by atoms with Gasteiger partial charge in [0, 0.05) is 5.41 Å². The van der Waals surface area contributed by atoms with E-state index in [4.69, 9.17) is 4.42 Å². The van der Waals surface area contributed by atoms with Crippen molar-refractivity contribution >= 4 is 21.7 Å². The molecule has 1 heterocycles. The Balaban J connectivity index is 2.65. The molecule has 0 aromatic carbocycles. The van der Waals surface area contributed by atoms with Crippen molar-refractivity contribution in [1.29, 1.82) is 0 Å². The largest absolute Gasteiger partial charge is 0.454 e. The fourth-order valence-electron chi connectivity index (χ4n) is 0.870. The molecule has 0 atom stereocenters. The number of ketones is 1. The zero-order valence-corrected chi connectivity index (χ0v) is 9.64. The fourth-order valence-corrected chi connectivity index (χ4v) is 1.21. The second kappa shape index (κ2) is 3.66. The smallest absolute Gasteiger partial charge is 0.169 e. The monoisotopic (exact) mass is 244 g/mol. The van der Waals surface area contributed by atoms with Crippen molar-refractivity contribution < 1.29 is 9.21 Å². The van der Waals surface area contributed by atoms with Crippen molar-refractivity contribution in [2.24, 2.45) is 5.41 Å². The predicted molar refractivity (Wildman–Crippen MR) is 54.6 cm³/mol. The highest BCUT2D eigenvalue weighted by Gasteiger charge is 2.22. The Morgan fingerprint density at radius 1 is 1.46 bits per heavy atom. The van der Waals surface area contributed by atoms with E-state index in [2.05, 4.69) is 15.9 Å². The minimum Gasteiger partial charge on any atom is -0.454 e. The van der Waals surface area contributed by atoms with Crippen LogP contribution in [-0.4, -0.2) is 5.78 Å². The molecule has 1 rings (SSSR count). The zero-order valence-electron chi connectivity index (χ0n) is 8.06. The number of carbonyl (C=O) groups is 1. The van der Waals surface area contributed by atoms with E-state index < -0.39 is 0 Å². The Bertz CT molecular complexity index is 307. The molecule has 1 aromatic heterocycles. The molecule has 0 unspecified atom stereocenters. The van der Waals surface area contributed by atoms with Crippen LogP contribution in [0.25, 0.3) is 0 Å². The van der Waals surface area contributed by atoms with Crippen LogP contribution in [0.2, 0.25) is 0 Å². The molecule has 0 N–H and O–H groups in total. The molecule has 0 aliphatic rings. The van der Waals surface area contributed by atoms with Crippen LogP contribution < -0.4 is 0 Å². The first-order chi connectivity index (χ1) is 5.89. The predicted octanol–water partition coefficient (Wildman–Crippen LogP) is 3.20. The average molecular weight is 245 g/mol. The van der Waals surface area contributed by atoms with E-state index in [1.165, 1.54) is 0 Å². The number of halogens is 1. The van der Waals surface area contributed by atoms with E-state index >= 15 is 0 Å². The molecule has 13 heavy (non-hydrogen) atoms. The molecule has 0 fully saturated rings. The number of rotatable bonds is 2. The van der Waals surface area contributed by atoms with Gasteiger partial charge in [0.1, 0.15) is 11.5 Å². The lowest BCUT2D eigenvalue weighted by Gasteiger charge is -2.15. The minimum atomic E-state index is -0.292. The quantitative estimate of drug-likeness (QED) is 0.800. The highest BCUT2D eigenvalue weighted by molar-refractivity contribution is 9.10.